The Morgan fingerprint density at radius 2 is 2.29 bits per heavy atom. The molecule has 0 amide bonds. The Morgan fingerprint density at radius 1 is 1.50 bits per heavy atom. The highest BCUT2D eigenvalue weighted by molar-refractivity contribution is 7.21. The van der Waals surface area contributed by atoms with Crippen LogP contribution in [0.4, 0.5) is 0 Å². The van der Waals surface area contributed by atoms with Crippen LogP contribution in [0.5, 0.6) is 0 Å². The maximum absolute atomic E-state index is 10.5. The summed E-state index contributed by atoms with van der Waals surface area (Å²) in [5.74, 6) is 0. The third-order valence-corrected chi connectivity index (χ3v) is 3.48. The molecule has 0 aliphatic heterocycles. The highest BCUT2D eigenvalue weighted by Crippen LogP contribution is 2.33. The third-order valence-electron chi connectivity index (χ3n) is 1.88. The van der Waals surface area contributed by atoms with Crippen molar-refractivity contribution < 1.29 is 4.79 Å². The van der Waals surface area contributed by atoms with Crippen LogP contribution in [-0.2, 0) is 0 Å². The molecule has 2 nitrogen and oxygen atoms in total. The molecule has 68 valence electrons. The second-order valence-corrected chi connectivity index (χ2v) is 4.19. The van der Waals surface area contributed by atoms with Crippen LogP contribution in [0.25, 0.3) is 10.1 Å². The molecular formula is C10H4ClNOS. The number of fused-ring (bicyclic) bond motifs is 1. The van der Waals surface area contributed by atoms with Crippen molar-refractivity contribution in [2.24, 2.45) is 0 Å². The van der Waals surface area contributed by atoms with Crippen molar-refractivity contribution in [2.75, 3.05) is 0 Å². The predicted molar refractivity (Wildman–Crippen MR) is 56.9 cm³/mol. The van der Waals surface area contributed by atoms with Crippen molar-refractivity contribution in [2.45, 2.75) is 0 Å². The first-order chi connectivity index (χ1) is 6.76. The van der Waals surface area contributed by atoms with Crippen LogP contribution < -0.4 is 0 Å². The summed E-state index contributed by atoms with van der Waals surface area (Å²) >= 11 is 7.29. The number of hydrogen-bond acceptors (Lipinski definition) is 3. The van der Waals surface area contributed by atoms with Gasteiger partial charge < -0.3 is 0 Å². The molecule has 1 aromatic heterocycles. The van der Waals surface area contributed by atoms with E-state index >= 15 is 0 Å². The molecule has 0 atom stereocenters. The van der Waals surface area contributed by atoms with Gasteiger partial charge >= 0.3 is 0 Å². The largest absolute Gasteiger partial charge is 0.297 e. The fourth-order valence-corrected chi connectivity index (χ4v) is 2.48. The predicted octanol–water partition coefficient (Wildman–Crippen LogP) is 3.24. The van der Waals surface area contributed by atoms with Gasteiger partial charge in [-0.15, -0.1) is 11.3 Å². The summed E-state index contributed by atoms with van der Waals surface area (Å²) in [4.78, 5) is 11.2. The Hall–Kier alpha value is -1.37. The quantitative estimate of drug-likeness (QED) is 0.694. The van der Waals surface area contributed by atoms with E-state index in [9.17, 15) is 4.79 Å². The van der Waals surface area contributed by atoms with Gasteiger partial charge in [-0.25, -0.2) is 0 Å². The number of thiophene rings is 1. The maximum atomic E-state index is 10.5. The normalized spacial score (nSPS) is 10.0. The first-order valence-electron chi connectivity index (χ1n) is 3.83. The summed E-state index contributed by atoms with van der Waals surface area (Å²) in [6.45, 7) is 0. The van der Waals surface area contributed by atoms with E-state index in [0.29, 0.717) is 15.5 Å². The average molecular weight is 222 g/mol. The fraction of sp³-hybridized carbons (Fsp3) is 0. The molecule has 0 saturated heterocycles. The minimum Gasteiger partial charge on any atom is -0.297 e. The van der Waals surface area contributed by atoms with Gasteiger partial charge in [0.05, 0.1) is 20.2 Å². The Labute approximate surface area is 89.3 Å². The van der Waals surface area contributed by atoms with Gasteiger partial charge in [-0.05, 0) is 17.5 Å². The van der Waals surface area contributed by atoms with Crippen LogP contribution in [0.2, 0.25) is 5.02 Å². The molecular weight excluding hydrogens is 218 g/mol. The van der Waals surface area contributed by atoms with Crippen molar-refractivity contribution in [1.29, 1.82) is 5.26 Å². The van der Waals surface area contributed by atoms with Crippen LogP contribution in [0.15, 0.2) is 18.2 Å². The summed E-state index contributed by atoms with van der Waals surface area (Å²) in [6.07, 6.45) is 0.785. The van der Waals surface area contributed by atoms with Gasteiger partial charge in [0, 0.05) is 0 Å². The molecule has 4 heteroatoms. The number of hydrogen-bond donors (Lipinski definition) is 0. The zero-order valence-electron chi connectivity index (χ0n) is 6.95. The van der Waals surface area contributed by atoms with E-state index in [1.807, 2.05) is 6.07 Å². The minimum absolute atomic E-state index is 0.433. The van der Waals surface area contributed by atoms with Gasteiger partial charge in [-0.3, -0.25) is 4.79 Å². The molecule has 1 aromatic carbocycles. The number of nitrogens with zero attached hydrogens (tertiary/aromatic N) is 1. The second kappa shape index (κ2) is 3.41. The number of benzene rings is 1. The van der Waals surface area contributed by atoms with E-state index in [-0.39, 0.29) is 0 Å². The van der Waals surface area contributed by atoms with Gasteiger partial charge in [0.15, 0.2) is 6.29 Å². The Bertz CT molecular complexity index is 553. The molecule has 14 heavy (non-hydrogen) atoms. The summed E-state index contributed by atoms with van der Waals surface area (Å²) in [5.41, 5.74) is 0.443. The summed E-state index contributed by atoms with van der Waals surface area (Å²) in [6, 6.07) is 7.22. The van der Waals surface area contributed by atoms with E-state index in [2.05, 4.69) is 0 Å². The zero-order valence-corrected chi connectivity index (χ0v) is 8.52. The Morgan fingerprint density at radius 3 is 2.93 bits per heavy atom. The van der Waals surface area contributed by atoms with Gasteiger partial charge in [0.1, 0.15) is 6.07 Å². The molecule has 0 saturated carbocycles. The monoisotopic (exact) mass is 221 g/mol. The smallest absolute Gasteiger partial charge is 0.160 e. The lowest BCUT2D eigenvalue weighted by atomic mass is 10.2. The minimum atomic E-state index is 0.433. The lowest BCUT2D eigenvalue weighted by molar-refractivity contribution is 0.112. The van der Waals surface area contributed by atoms with Gasteiger partial charge in [0.2, 0.25) is 0 Å². The van der Waals surface area contributed by atoms with Crippen LogP contribution in [-0.4, -0.2) is 6.29 Å². The number of nitriles is 1. The second-order valence-electron chi connectivity index (χ2n) is 2.72. The van der Waals surface area contributed by atoms with Crippen LogP contribution in [0, 0.1) is 11.3 Å². The van der Waals surface area contributed by atoms with Crippen LogP contribution in [0.1, 0.15) is 15.2 Å². The van der Waals surface area contributed by atoms with Crippen LogP contribution in [0.3, 0.4) is 0 Å². The van der Waals surface area contributed by atoms with Gasteiger partial charge in [-0.1, -0.05) is 17.7 Å². The average Bonchev–Trinajstić information content (AvgIpc) is 2.62. The maximum Gasteiger partial charge on any atom is 0.160 e. The third kappa shape index (κ3) is 1.29. The summed E-state index contributed by atoms with van der Waals surface area (Å²) in [7, 11) is 0. The van der Waals surface area contributed by atoms with Crippen molar-refractivity contribution in [3.8, 4) is 6.07 Å². The highest BCUT2D eigenvalue weighted by atomic mass is 35.5. The molecule has 0 spiro atoms. The molecule has 0 unspecified atom stereocenters. The Balaban J connectivity index is 2.83. The van der Waals surface area contributed by atoms with E-state index in [1.165, 1.54) is 11.3 Å². The van der Waals surface area contributed by atoms with Crippen molar-refractivity contribution in [3.05, 3.63) is 33.7 Å². The van der Waals surface area contributed by atoms with Gasteiger partial charge in [-0.2, -0.15) is 5.26 Å². The Kier molecular flexibility index (Phi) is 2.24. The lowest BCUT2D eigenvalue weighted by Gasteiger charge is -1.94. The molecule has 1 heterocycles. The number of aldehydes is 1. The van der Waals surface area contributed by atoms with E-state index < -0.39 is 0 Å². The van der Waals surface area contributed by atoms with E-state index in [0.717, 1.165) is 16.4 Å². The number of halogens is 1. The van der Waals surface area contributed by atoms with Crippen LogP contribution >= 0.6 is 22.9 Å². The number of rotatable bonds is 1. The van der Waals surface area contributed by atoms with Crippen molar-refractivity contribution >= 4 is 39.3 Å². The molecule has 2 aromatic rings. The summed E-state index contributed by atoms with van der Waals surface area (Å²) < 4.78 is 0.799. The molecule has 0 aliphatic carbocycles. The highest BCUT2D eigenvalue weighted by Gasteiger charge is 2.08. The summed E-state index contributed by atoms with van der Waals surface area (Å²) in [5, 5.41) is 10.1. The molecule has 0 radical (unpaired) electrons. The standard InChI is InChI=1S/C10H4ClNOS/c11-9-7(4-12)2-1-6-3-8(5-13)14-10(6)9/h1-3,5H. The first kappa shape index (κ1) is 9.20. The molecule has 0 aliphatic rings. The molecule has 2 rings (SSSR count). The first-order valence-corrected chi connectivity index (χ1v) is 5.03. The van der Waals surface area contributed by atoms with E-state index in [1.54, 1.807) is 18.2 Å². The molecule has 0 N–H and O–H groups in total. The van der Waals surface area contributed by atoms with Crippen molar-refractivity contribution in [3.63, 3.8) is 0 Å². The fourth-order valence-electron chi connectivity index (χ4n) is 1.23. The lowest BCUT2D eigenvalue weighted by Crippen LogP contribution is -1.74. The number of carbonyl (C=O) groups is 1. The van der Waals surface area contributed by atoms with Crippen molar-refractivity contribution in [1.82, 2.24) is 0 Å². The number of carbonyl (C=O) groups excluding carboxylic acids is 1. The SMILES string of the molecule is N#Cc1ccc2cc(C=O)sc2c1Cl. The van der Waals surface area contributed by atoms with Gasteiger partial charge in [0.25, 0.3) is 0 Å². The topological polar surface area (TPSA) is 40.9 Å². The van der Waals surface area contributed by atoms with E-state index in [4.69, 9.17) is 16.9 Å². The molecule has 0 fully saturated rings. The zero-order chi connectivity index (χ0) is 10.1. The molecule has 0 bridgehead atoms.